The fraction of sp³-hybridized carbons (Fsp3) is 0.345. The summed E-state index contributed by atoms with van der Waals surface area (Å²) in [5, 5.41) is 30.6. The number of aliphatic carboxylic acids is 1. The number of β-lactam (4-membered cyclic amide) rings is 1. The normalized spacial score (nSPS) is 17.5. The van der Waals surface area contributed by atoms with Crippen molar-refractivity contribution in [2.75, 3.05) is 16.8 Å². The summed E-state index contributed by atoms with van der Waals surface area (Å²) >= 11 is 5.05. The van der Waals surface area contributed by atoms with Crippen molar-refractivity contribution in [2.24, 2.45) is 5.16 Å². The van der Waals surface area contributed by atoms with E-state index in [0.717, 1.165) is 16.9 Å². The van der Waals surface area contributed by atoms with Crippen molar-refractivity contribution >= 4 is 87.3 Å². The first-order chi connectivity index (χ1) is 23.4. The SMILES string of the molecule is CC(C)(C)OC(=O)NCc1ccc(CO/N=C(/C(=O)NC2C(=O)N3C(C(=O)O)=C(CSc4nncs4)CS[C@H]23)c2csc(NC=O)n2)cc1. The van der Waals surface area contributed by atoms with Crippen molar-refractivity contribution < 1.29 is 38.7 Å². The Morgan fingerprint density at radius 1 is 1.18 bits per heavy atom. The number of thioether (sulfide) groups is 2. The average Bonchev–Trinajstić information content (AvgIpc) is 3.75. The second-order valence-electron chi connectivity index (χ2n) is 11.3. The van der Waals surface area contributed by atoms with Gasteiger partial charge in [0.2, 0.25) is 6.41 Å². The first-order valence-corrected chi connectivity index (χ1v) is 18.2. The second-order valence-corrected chi connectivity index (χ2v) is 15.3. The molecule has 1 aromatic carbocycles. The van der Waals surface area contributed by atoms with Gasteiger partial charge in [-0.3, -0.25) is 19.3 Å². The number of carbonyl (C=O) groups is 5. The number of hydrogen-bond acceptors (Lipinski definition) is 15. The molecule has 1 saturated heterocycles. The summed E-state index contributed by atoms with van der Waals surface area (Å²) in [5.74, 6) is -1.94. The zero-order valence-electron chi connectivity index (χ0n) is 26.2. The van der Waals surface area contributed by atoms with Gasteiger partial charge in [-0.05, 0) is 37.5 Å². The number of hydrogen-bond donors (Lipinski definition) is 4. The Hall–Kier alpha value is -4.53. The van der Waals surface area contributed by atoms with Gasteiger partial charge in [-0.2, -0.15) is 0 Å². The number of carboxylic acids is 1. The van der Waals surface area contributed by atoms with Crippen LogP contribution in [0.4, 0.5) is 9.93 Å². The number of benzene rings is 1. The number of oxime groups is 1. The van der Waals surface area contributed by atoms with E-state index in [1.807, 2.05) is 0 Å². The molecule has 49 heavy (non-hydrogen) atoms. The monoisotopic (exact) mass is 746 g/mol. The molecule has 0 bridgehead atoms. The summed E-state index contributed by atoms with van der Waals surface area (Å²) < 4.78 is 5.92. The summed E-state index contributed by atoms with van der Waals surface area (Å²) in [4.78, 5) is 72.8. The van der Waals surface area contributed by atoms with Crippen molar-refractivity contribution in [2.45, 2.75) is 55.3 Å². The summed E-state index contributed by atoms with van der Waals surface area (Å²) in [7, 11) is 0. The Labute approximate surface area is 296 Å². The second kappa shape index (κ2) is 15.8. The van der Waals surface area contributed by atoms with E-state index >= 15 is 0 Å². The van der Waals surface area contributed by atoms with E-state index in [1.165, 1.54) is 45.1 Å². The van der Waals surface area contributed by atoms with Crippen LogP contribution in [-0.2, 0) is 41.9 Å². The highest BCUT2D eigenvalue weighted by Crippen LogP contribution is 2.41. The number of fused-ring (bicyclic) bond motifs is 1. The number of aromatic nitrogens is 3. The number of nitrogens with one attached hydrogen (secondary N) is 3. The van der Waals surface area contributed by atoms with Gasteiger partial charge < -0.3 is 30.6 Å². The number of nitrogens with zero attached hydrogens (tertiary/aromatic N) is 5. The number of ether oxygens (including phenoxy) is 1. The van der Waals surface area contributed by atoms with Crippen molar-refractivity contribution in [3.63, 3.8) is 0 Å². The Bertz CT molecular complexity index is 1770. The molecule has 2 aliphatic rings. The molecular weight excluding hydrogens is 717 g/mol. The number of amides is 4. The van der Waals surface area contributed by atoms with Crippen LogP contribution in [0.25, 0.3) is 0 Å². The smallest absolute Gasteiger partial charge is 0.407 e. The predicted octanol–water partition coefficient (Wildman–Crippen LogP) is 3.04. The van der Waals surface area contributed by atoms with E-state index < -0.39 is 40.9 Å². The molecule has 2 aromatic heterocycles. The molecule has 20 heteroatoms. The number of rotatable bonds is 14. The standard InChI is InChI=1S/C29H30N8O8S4/c1-29(2,3)45-27(43)30-8-15-4-6-16(7-5-15)9-44-36-19(18-12-47-26(33-18)31-13-38)22(39)34-20-23(40)37-21(25(41)42)17(10-46-24(20)37)11-48-28-35-32-14-49-28/h4-7,12-14,20,24H,8-11H2,1-3H3,(H,30,43)(H,34,39)(H,41,42)(H,31,33,38)/b36-19+/t20?,24-/m1/s1. The molecule has 1 unspecified atom stereocenters. The van der Waals surface area contributed by atoms with E-state index in [0.29, 0.717) is 33.4 Å². The third-order valence-electron chi connectivity index (χ3n) is 6.64. The van der Waals surface area contributed by atoms with Crippen molar-refractivity contribution in [1.82, 2.24) is 30.7 Å². The molecule has 4 heterocycles. The van der Waals surface area contributed by atoms with E-state index in [9.17, 15) is 29.1 Å². The third kappa shape index (κ3) is 9.13. The Morgan fingerprint density at radius 2 is 1.94 bits per heavy atom. The van der Waals surface area contributed by atoms with Gasteiger partial charge in [-0.1, -0.05) is 52.5 Å². The lowest BCUT2D eigenvalue weighted by Gasteiger charge is -2.49. The van der Waals surface area contributed by atoms with Crippen molar-refractivity contribution in [1.29, 1.82) is 0 Å². The maximum atomic E-state index is 13.5. The lowest BCUT2D eigenvalue weighted by atomic mass is 10.0. The van der Waals surface area contributed by atoms with Gasteiger partial charge >= 0.3 is 12.1 Å². The van der Waals surface area contributed by atoms with Crippen LogP contribution in [-0.4, -0.2) is 89.7 Å². The maximum Gasteiger partial charge on any atom is 0.407 e. The quantitative estimate of drug-likeness (QED) is 0.0615. The van der Waals surface area contributed by atoms with Crippen LogP contribution in [0.1, 0.15) is 37.6 Å². The van der Waals surface area contributed by atoms with Crippen molar-refractivity contribution in [3.05, 3.63) is 63.2 Å². The first-order valence-electron chi connectivity index (χ1n) is 14.4. The molecule has 16 nitrogen and oxygen atoms in total. The number of anilines is 1. The Kier molecular flexibility index (Phi) is 11.5. The largest absolute Gasteiger partial charge is 0.477 e. The molecule has 0 spiro atoms. The lowest BCUT2D eigenvalue weighted by Crippen LogP contribution is -2.71. The van der Waals surface area contributed by atoms with Gasteiger partial charge in [0, 0.05) is 23.4 Å². The fourth-order valence-electron chi connectivity index (χ4n) is 4.50. The van der Waals surface area contributed by atoms with Gasteiger partial charge in [0.05, 0.1) is 0 Å². The minimum absolute atomic E-state index is 0.0284. The summed E-state index contributed by atoms with van der Waals surface area (Å²) in [6, 6.07) is 6.10. The number of thiazole rings is 1. The highest BCUT2D eigenvalue weighted by Gasteiger charge is 2.54. The molecule has 0 aliphatic carbocycles. The van der Waals surface area contributed by atoms with Crippen LogP contribution in [0.15, 0.2) is 55.9 Å². The van der Waals surface area contributed by atoms with Gasteiger partial charge in [0.25, 0.3) is 11.8 Å². The Morgan fingerprint density at radius 3 is 2.61 bits per heavy atom. The van der Waals surface area contributed by atoms with Gasteiger partial charge in [0.1, 0.15) is 40.5 Å². The zero-order valence-corrected chi connectivity index (χ0v) is 29.5. The van der Waals surface area contributed by atoms with Crippen LogP contribution < -0.4 is 16.0 Å². The minimum Gasteiger partial charge on any atom is -0.477 e. The van der Waals surface area contributed by atoms with Crippen molar-refractivity contribution in [3.8, 4) is 0 Å². The predicted molar refractivity (Wildman–Crippen MR) is 183 cm³/mol. The molecule has 2 atom stereocenters. The molecule has 4 amide bonds. The topological polar surface area (TPSA) is 214 Å². The van der Waals surface area contributed by atoms with E-state index in [4.69, 9.17) is 9.57 Å². The summed E-state index contributed by atoms with van der Waals surface area (Å²) in [5.41, 5.74) is 2.80. The fourth-order valence-corrected chi connectivity index (χ4v) is 8.12. The molecular formula is C29H30N8O8S4. The van der Waals surface area contributed by atoms with Crippen LogP contribution in [0.2, 0.25) is 0 Å². The molecule has 1 fully saturated rings. The van der Waals surface area contributed by atoms with Crippen LogP contribution >= 0.6 is 46.2 Å². The molecule has 258 valence electrons. The molecule has 4 N–H and O–H groups in total. The van der Waals surface area contributed by atoms with E-state index in [2.05, 4.69) is 36.3 Å². The van der Waals surface area contributed by atoms with E-state index in [-0.39, 0.29) is 35.4 Å². The summed E-state index contributed by atoms with van der Waals surface area (Å²) in [6.07, 6.45) is -0.0890. The summed E-state index contributed by atoms with van der Waals surface area (Å²) in [6.45, 7) is 5.56. The number of carbonyl (C=O) groups excluding carboxylic acids is 4. The highest BCUT2D eigenvalue weighted by molar-refractivity contribution is 8.01. The molecule has 0 radical (unpaired) electrons. The average molecular weight is 747 g/mol. The first kappa shape index (κ1) is 35.8. The zero-order chi connectivity index (χ0) is 35.1. The number of carboxylic acid groups (broad SMARTS) is 1. The van der Waals surface area contributed by atoms with Crippen LogP contribution in [0.5, 0.6) is 0 Å². The Balaban J connectivity index is 1.24. The van der Waals surface area contributed by atoms with Gasteiger partial charge in [-0.25, -0.2) is 14.6 Å². The van der Waals surface area contributed by atoms with Gasteiger partial charge in [-0.15, -0.1) is 33.3 Å². The molecule has 5 rings (SSSR count). The number of alkyl carbamates (subject to hydrolysis) is 1. The maximum absolute atomic E-state index is 13.5. The van der Waals surface area contributed by atoms with E-state index in [1.54, 1.807) is 50.5 Å². The van der Waals surface area contributed by atoms with Gasteiger partial charge in [0.15, 0.2) is 15.2 Å². The minimum atomic E-state index is -1.24. The van der Waals surface area contributed by atoms with Crippen LogP contribution in [0, 0.1) is 0 Å². The molecule has 2 aliphatic heterocycles. The molecule has 3 aromatic rings. The third-order valence-corrected chi connectivity index (χ3v) is 10.7. The van der Waals surface area contributed by atoms with Crippen LogP contribution in [0.3, 0.4) is 0 Å². The molecule has 0 saturated carbocycles. The highest BCUT2D eigenvalue weighted by atomic mass is 32.2. The lowest BCUT2D eigenvalue weighted by molar-refractivity contribution is -0.150.